The summed E-state index contributed by atoms with van der Waals surface area (Å²) >= 11 is 0. The molecule has 2 heterocycles. The van der Waals surface area contributed by atoms with E-state index in [0.717, 1.165) is 31.7 Å². The normalized spacial score (nSPS) is 16.8. The van der Waals surface area contributed by atoms with E-state index in [4.69, 9.17) is 0 Å². The second-order valence-electron chi connectivity index (χ2n) is 6.10. The molecule has 0 aliphatic carbocycles. The van der Waals surface area contributed by atoms with E-state index in [9.17, 15) is 0 Å². The van der Waals surface area contributed by atoms with Gasteiger partial charge in [0.1, 0.15) is 0 Å². The van der Waals surface area contributed by atoms with E-state index in [1.807, 2.05) is 12.3 Å². The molecule has 1 aliphatic heterocycles. The van der Waals surface area contributed by atoms with Gasteiger partial charge in [-0.25, -0.2) is 0 Å². The van der Waals surface area contributed by atoms with Crippen LogP contribution in [0.5, 0.6) is 0 Å². The van der Waals surface area contributed by atoms with E-state index in [-0.39, 0.29) is 0 Å². The minimum atomic E-state index is 1.03. The lowest BCUT2D eigenvalue weighted by Gasteiger charge is -2.34. The molecule has 0 radical (unpaired) electrons. The molecule has 0 N–H and O–H groups in total. The quantitative estimate of drug-likeness (QED) is 0.845. The Labute approximate surface area is 133 Å². The summed E-state index contributed by atoms with van der Waals surface area (Å²) in [4.78, 5) is 9.51. The monoisotopic (exact) mass is 295 g/mol. The molecule has 1 aromatic carbocycles. The average Bonchev–Trinajstić information content (AvgIpc) is 2.57. The van der Waals surface area contributed by atoms with Crippen molar-refractivity contribution in [2.24, 2.45) is 0 Å². The lowest BCUT2D eigenvalue weighted by molar-refractivity contribution is 0.128. The summed E-state index contributed by atoms with van der Waals surface area (Å²) in [7, 11) is 0. The van der Waals surface area contributed by atoms with Crippen LogP contribution in [0.1, 0.15) is 16.8 Å². The number of aryl methyl sites for hydroxylation is 1. The molecule has 1 aromatic heterocycles. The Morgan fingerprint density at radius 3 is 2.36 bits per heavy atom. The number of rotatable bonds is 5. The third kappa shape index (κ3) is 4.15. The molecule has 0 unspecified atom stereocenters. The molecular weight excluding hydrogens is 270 g/mol. The minimum Gasteiger partial charge on any atom is -0.300 e. The molecule has 116 valence electrons. The van der Waals surface area contributed by atoms with Gasteiger partial charge >= 0.3 is 0 Å². The Hall–Kier alpha value is -1.71. The molecule has 0 spiro atoms. The molecule has 2 aromatic rings. The van der Waals surface area contributed by atoms with Crippen LogP contribution in [-0.2, 0) is 13.0 Å². The lowest BCUT2D eigenvalue weighted by Crippen LogP contribution is -2.46. The molecule has 3 rings (SSSR count). The number of hydrogen-bond donors (Lipinski definition) is 0. The predicted molar refractivity (Wildman–Crippen MR) is 90.8 cm³/mol. The molecule has 22 heavy (non-hydrogen) atoms. The smallest absolute Gasteiger partial charge is 0.0417 e. The van der Waals surface area contributed by atoms with E-state index in [1.165, 1.54) is 30.8 Å². The van der Waals surface area contributed by atoms with Crippen molar-refractivity contribution in [3.8, 4) is 0 Å². The maximum Gasteiger partial charge on any atom is 0.0417 e. The summed E-state index contributed by atoms with van der Waals surface area (Å²) in [5.41, 5.74) is 3.96. The molecule has 1 fully saturated rings. The van der Waals surface area contributed by atoms with Gasteiger partial charge in [-0.2, -0.15) is 0 Å². The zero-order valence-electron chi connectivity index (χ0n) is 13.4. The van der Waals surface area contributed by atoms with Crippen LogP contribution in [0, 0.1) is 6.92 Å². The zero-order chi connectivity index (χ0) is 15.2. The first-order valence-corrected chi connectivity index (χ1v) is 8.20. The molecule has 1 aliphatic rings. The Bertz CT molecular complexity index is 574. The summed E-state index contributed by atoms with van der Waals surface area (Å²) < 4.78 is 0. The van der Waals surface area contributed by atoms with Crippen molar-refractivity contribution in [3.63, 3.8) is 0 Å². The Morgan fingerprint density at radius 1 is 0.909 bits per heavy atom. The molecule has 0 bridgehead atoms. The van der Waals surface area contributed by atoms with Crippen LogP contribution in [0.25, 0.3) is 0 Å². The third-order valence-electron chi connectivity index (χ3n) is 4.53. The first kappa shape index (κ1) is 15.2. The second kappa shape index (κ2) is 7.52. The van der Waals surface area contributed by atoms with E-state index in [2.05, 4.69) is 58.1 Å². The number of nitrogens with zero attached hydrogens (tertiary/aromatic N) is 3. The van der Waals surface area contributed by atoms with Crippen molar-refractivity contribution in [3.05, 3.63) is 65.5 Å². The fourth-order valence-corrected chi connectivity index (χ4v) is 3.03. The number of aromatic nitrogens is 1. The molecule has 0 amide bonds. The fourth-order valence-electron chi connectivity index (χ4n) is 3.03. The molecule has 3 nitrogen and oxygen atoms in total. The maximum atomic E-state index is 4.39. The number of benzene rings is 1. The van der Waals surface area contributed by atoms with Gasteiger partial charge in [-0.05, 0) is 30.5 Å². The number of piperazine rings is 1. The summed E-state index contributed by atoms with van der Waals surface area (Å²) in [6.45, 7) is 8.96. The van der Waals surface area contributed by atoms with Gasteiger partial charge < -0.3 is 4.90 Å². The van der Waals surface area contributed by atoms with Gasteiger partial charge in [0.2, 0.25) is 0 Å². The lowest BCUT2D eigenvalue weighted by atomic mass is 10.1. The van der Waals surface area contributed by atoms with Gasteiger partial charge in [-0.15, -0.1) is 0 Å². The largest absolute Gasteiger partial charge is 0.300 e. The molecule has 3 heteroatoms. The van der Waals surface area contributed by atoms with Gasteiger partial charge in [-0.3, -0.25) is 9.88 Å². The molecule has 0 atom stereocenters. The highest BCUT2D eigenvalue weighted by Crippen LogP contribution is 2.11. The molecule has 0 saturated carbocycles. The van der Waals surface area contributed by atoms with E-state index >= 15 is 0 Å². The van der Waals surface area contributed by atoms with Crippen LogP contribution in [0.2, 0.25) is 0 Å². The summed E-state index contributed by atoms with van der Waals surface area (Å²) in [5, 5.41) is 0. The summed E-state index contributed by atoms with van der Waals surface area (Å²) in [6.07, 6.45) is 3.03. The van der Waals surface area contributed by atoms with Gasteiger partial charge in [0.25, 0.3) is 0 Å². The highest BCUT2D eigenvalue weighted by atomic mass is 15.3. The topological polar surface area (TPSA) is 19.4 Å². The van der Waals surface area contributed by atoms with Crippen molar-refractivity contribution in [2.75, 3.05) is 32.7 Å². The van der Waals surface area contributed by atoms with E-state index in [1.54, 1.807) is 0 Å². The summed E-state index contributed by atoms with van der Waals surface area (Å²) in [6, 6.07) is 15.0. The van der Waals surface area contributed by atoms with Crippen molar-refractivity contribution in [2.45, 2.75) is 19.9 Å². The Kier molecular flexibility index (Phi) is 5.20. The highest BCUT2D eigenvalue weighted by Gasteiger charge is 2.17. The van der Waals surface area contributed by atoms with Crippen molar-refractivity contribution in [1.82, 2.24) is 14.8 Å². The van der Waals surface area contributed by atoms with Crippen LogP contribution >= 0.6 is 0 Å². The van der Waals surface area contributed by atoms with Gasteiger partial charge in [0.15, 0.2) is 0 Å². The highest BCUT2D eigenvalue weighted by molar-refractivity contribution is 5.18. The van der Waals surface area contributed by atoms with E-state index in [0.29, 0.717) is 0 Å². The third-order valence-corrected chi connectivity index (χ3v) is 4.53. The standard InChI is InChI=1S/C19H25N3/c1-17-19(8-5-10-20-17)16-22-14-12-21(13-15-22)11-9-18-6-3-2-4-7-18/h2-8,10H,9,11-16H2,1H3. The van der Waals surface area contributed by atoms with Crippen LogP contribution in [0.4, 0.5) is 0 Å². The number of pyridine rings is 1. The van der Waals surface area contributed by atoms with E-state index < -0.39 is 0 Å². The van der Waals surface area contributed by atoms with Crippen LogP contribution in [0.3, 0.4) is 0 Å². The first-order valence-electron chi connectivity index (χ1n) is 8.20. The molecule has 1 saturated heterocycles. The Balaban J connectivity index is 1.44. The Morgan fingerprint density at radius 2 is 1.64 bits per heavy atom. The average molecular weight is 295 g/mol. The summed E-state index contributed by atoms with van der Waals surface area (Å²) in [5.74, 6) is 0. The minimum absolute atomic E-state index is 1.03. The van der Waals surface area contributed by atoms with Crippen LogP contribution in [0.15, 0.2) is 48.7 Å². The first-order chi connectivity index (χ1) is 10.8. The fraction of sp³-hybridized carbons (Fsp3) is 0.421. The van der Waals surface area contributed by atoms with Gasteiger partial charge in [-0.1, -0.05) is 36.4 Å². The van der Waals surface area contributed by atoms with Gasteiger partial charge in [0, 0.05) is 51.2 Å². The maximum absolute atomic E-state index is 4.39. The number of hydrogen-bond acceptors (Lipinski definition) is 3. The van der Waals surface area contributed by atoms with Crippen LogP contribution in [-0.4, -0.2) is 47.5 Å². The van der Waals surface area contributed by atoms with Crippen LogP contribution < -0.4 is 0 Å². The van der Waals surface area contributed by atoms with Crippen molar-refractivity contribution >= 4 is 0 Å². The van der Waals surface area contributed by atoms with Crippen molar-refractivity contribution < 1.29 is 0 Å². The second-order valence-corrected chi connectivity index (χ2v) is 6.10. The predicted octanol–water partition coefficient (Wildman–Crippen LogP) is 2.75. The van der Waals surface area contributed by atoms with Crippen molar-refractivity contribution in [1.29, 1.82) is 0 Å². The SMILES string of the molecule is Cc1ncccc1CN1CCN(CCc2ccccc2)CC1. The van der Waals surface area contributed by atoms with Gasteiger partial charge in [0.05, 0.1) is 0 Å². The zero-order valence-corrected chi connectivity index (χ0v) is 13.4. The molecular formula is C19H25N3.